The molecule has 0 unspecified atom stereocenters. The number of hydrogen-bond acceptors (Lipinski definition) is 5. The minimum atomic E-state index is -4.35. The smallest absolute Gasteiger partial charge is 0.417 e. The van der Waals surface area contributed by atoms with Crippen LogP contribution in [-0.2, 0) is 23.9 Å². The molecular formula is C26H30F3N3O2. The first-order valence-corrected chi connectivity index (χ1v) is 12.0. The second kappa shape index (κ2) is 8.87. The predicted molar refractivity (Wildman–Crippen MR) is 123 cm³/mol. The van der Waals surface area contributed by atoms with Crippen molar-refractivity contribution in [2.45, 2.75) is 51.8 Å². The maximum Gasteiger partial charge on any atom is 0.417 e. The summed E-state index contributed by atoms with van der Waals surface area (Å²) in [4.78, 5) is 20.5. The Morgan fingerprint density at radius 1 is 1.03 bits per heavy atom. The number of carbonyl (C=O) groups is 1. The minimum Gasteiger partial charge on any atom is -0.457 e. The molecule has 8 heteroatoms. The van der Waals surface area contributed by atoms with Crippen LogP contribution < -0.4 is 4.90 Å². The molecule has 182 valence electrons. The summed E-state index contributed by atoms with van der Waals surface area (Å²) in [6, 6.07) is 6.58. The largest absolute Gasteiger partial charge is 0.457 e. The highest BCUT2D eigenvalue weighted by Gasteiger charge is 2.38. The van der Waals surface area contributed by atoms with Crippen molar-refractivity contribution in [2.24, 2.45) is 5.41 Å². The lowest BCUT2D eigenvalue weighted by molar-refractivity contribution is -0.137. The molecule has 2 aromatic rings. The van der Waals surface area contributed by atoms with E-state index in [4.69, 9.17) is 4.74 Å². The number of nitrogens with zero attached hydrogens (tertiary/aromatic N) is 3. The Bertz CT molecular complexity index is 1050. The summed E-state index contributed by atoms with van der Waals surface area (Å²) in [6.45, 7) is 7.31. The van der Waals surface area contributed by atoms with Gasteiger partial charge in [0.05, 0.1) is 11.1 Å². The van der Waals surface area contributed by atoms with Gasteiger partial charge in [0.1, 0.15) is 12.4 Å². The fourth-order valence-electron chi connectivity index (χ4n) is 5.65. The van der Waals surface area contributed by atoms with Crippen LogP contribution in [-0.4, -0.2) is 48.6 Å². The summed E-state index contributed by atoms with van der Waals surface area (Å²) in [7, 11) is 0. The number of ether oxygens (including phenoxy) is 1. The van der Waals surface area contributed by atoms with Gasteiger partial charge in [0, 0.05) is 31.4 Å². The average Bonchev–Trinajstić information content (AvgIpc) is 3.21. The SMILES string of the molecule is Cc1c(CCN2CCC3(CC2)CCN(c2ccc(C(F)(F)F)cn2)CC3)ccc2c1COC2=O. The van der Waals surface area contributed by atoms with E-state index in [2.05, 4.69) is 27.8 Å². The topological polar surface area (TPSA) is 45.7 Å². The average molecular weight is 474 g/mol. The van der Waals surface area contributed by atoms with Gasteiger partial charge in [-0.3, -0.25) is 0 Å². The second-order valence-corrected chi connectivity index (χ2v) is 9.93. The van der Waals surface area contributed by atoms with E-state index < -0.39 is 11.7 Å². The number of esters is 1. The van der Waals surface area contributed by atoms with Crippen molar-refractivity contribution >= 4 is 11.8 Å². The first-order chi connectivity index (χ1) is 16.2. The Labute approximate surface area is 197 Å². The van der Waals surface area contributed by atoms with E-state index in [-0.39, 0.29) is 5.97 Å². The molecule has 0 N–H and O–H groups in total. The number of anilines is 1. The third-order valence-electron chi connectivity index (χ3n) is 8.12. The Morgan fingerprint density at radius 3 is 2.38 bits per heavy atom. The highest BCUT2D eigenvalue weighted by atomic mass is 19.4. The predicted octanol–water partition coefficient (Wildman–Crippen LogP) is 5.00. The fraction of sp³-hybridized carbons (Fsp3) is 0.538. The number of rotatable bonds is 4. The van der Waals surface area contributed by atoms with Crippen molar-refractivity contribution in [2.75, 3.05) is 37.6 Å². The maximum absolute atomic E-state index is 12.8. The lowest BCUT2D eigenvalue weighted by Crippen LogP contribution is -2.47. The molecule has 3 aliphatic rings. The van der Waals surface area contributed by atoms with E-state index in [1.54, 1.807) is 0 Å². The van der Waals surface area contributed by atoms with Gasteiger partial charge < -0.3 is 14.5 Å². The number of fused-ring (bicyclic) bond motifs is 1. The Hall–Kier alpha value is -2.61. The number of piperidine rings is 2. The van der Waals surface area contributed by atoms with E-state index in [9.17, 15) is 18.0 Å². The zero-order valence-corrected chi connectivity index (χ0v) is 19.5. The first kappa shape index (κ1) is 23.1. The molecule has 0 bridgehead atoms. The molecule has 1 aromatic heterocycles. The van der Waals surface area contributed by atoms with Crippen LogP contribution in [0, 0.1) is 12.3 Å². The number of aromatic nitrogens is 1. The molecule has 34 heavy (non-hydrogen) atoms. The molecule has 0 saturated carbocycles. The van der Waals surface area contributed by atoms with E-state index >= 15 is 0 Å². The van der Waals surface area contributed by atoms with Crippen LogP contribution in [0.4, 0.5) is 19.0 Å². The van der Waals surface area contributed by atoms with Crippen molar-refractivity contribution in [3.8, 4) is 0 Å². The number of carbonyl (C=O) groups excluding carboxylic acids is 1. The molecular weight excluding hydrogens is 443 g/mol. The number of likely N-dealkylation sites (tertiary alicyclic amines) is 1. The van der Waals surface area contributed by atoms with E-state index in [1.807, 2.05) is 6.07 Å². The normalized spacial score (nSPS) is 20.5. The summed E-state index contributed by atoms with van der Waals surface area (Å²) in [5, 5.41) is 0. The van der Waals surface area contributed by atoms with Gasteiger partial charge in [0.2, 0.25) is 0 Å². The molecule has 0 aliphatic carbocycles. The van der Waals surface area contributed by atoms with Crippen molar-refractivity contribution in [1.82, 2.24) is 9.88 Å². The van der Waals surface area contributed by atoms with Gasteiger partial charge >= 0.3 is 12.1 Å². The highest BCUT2D eigenvalue weighted by molar-refractivity contribution is 5.93. The molecule has 4 heterocycles. The van der Waals surface area contributed by atoms with Gasteiger partial charge in [-0.2, -0.15) is 13.2 Å². The highest BCUT2D eigenvalue weighted by Crippen LogP contribution is 2.42. The first-order valence-electron chi connectivity index (χ1n) is 12.0. The summed E-state index contributed by atoms with van der Waals surface area (Å²) in [5.74, 6) is 0.420. The lowest BCUT2D eigenvalue weighted by Gasteiger charge is -2.47. The van der Waals surface area contributed by atoms with Crippen LogP contribution in [0.3, 0.4) is 0 Å². The minimum absolute atomic E-state index is 0.217. The van der Waals surface area contributed by atoms with Crippen LogP contribution in [0.2, 0.25) is 0 Å². The van der Waals surface area contributed by atoms with Crippen molar-refractivity contribution in [1.29, 1.82) is 0 Å². The number of cyclic esters (lactones) is 1. The third-order valence-corrected chi connectivity index (χ3v) is 8.12. The van der Waals surface area contributed by atoms with Crippen molar-refractivity contribution in [3.05, 3.63) is 58.3 Å². The molecule has 2 saturated heterocycles. The molecule has 5 rings (SSSR count). The second-order valence-electron chi connectivity index (χ2n) is 9.93. The molecule has 5 nitrogen and oxygen atoms in total. The number of hydrogen-bond donors (Lipinski definition) is 0. The molecule has 2 fully saturated rings. The van der Waals surface area contributed by atoms with E-state index in [0.29, 0.717) is 23.4 Å². The summed E-state index contributed by atoms with van der Waals surface area (Å²) >= 11 is 0. The lowest BCUT2D eigenvalue weighted by atomic mass is 9.71. The molecule has 1 aromatic carbocycles. The number of alkyl halides is 3. The monoisotopic (exact) mass is 473 g/mol. The standard InChI is InChI=1S/C26H30F3N3O2/c1-18-19(2-4-21-22(18)17-34-24(21)33)6-11-31-12-7-25(8-13-31)9-14-32(15-10-25)23-5-3-20(16-30-23)26(27,28)29/h2-5,16H,6-15,17H2,1H3. The van der Waals surface area contributed by atoms with Crippen LogP contribution >= 0.6 is 0 Å². The number of halogens is 3. The Balaban J connectivity index is 1.11. The summed E-state index contributed by atoms with van der Waals surface area (Å²) < 4.78 is 43.6. The maximum atomic E-state index is 12.8. The fourth-order valence-corrected chi connectivity index (χ4v) is 5.65. The molecule has 0 radical (unpaired) electrons. The summed E-state index contributed by atoms with van der Waals surface area (Å²) in [5.41, 5.74) is 3.85. The van der Waals surface area contributed by atoms with E-state index in [0.717, 1.165) is 82.7 Å². The third kappa shape index (κ3) is 4.52. The van der Waals surface area contributed by atoms with Gasteiger partial charge in [-0.15, -0.1) is 0 Å². The molecule has 0 atom stereocenters. The van der Waals surface area contributed by atoms with E-state index in [1.165, 1.54) is 17.2 Å². The number of pyridine rings is 1. The van der Waals surface area contributed by atoms with Gasteiger partial charge in [0.25, 0.3) is 0 Å². The van der Waals surface area contributed by atoms with Crippen molar-refractivity contribution < 1.29 is 22.7 Å². The van der Waals surface area contributed by atoms with Crippen LogP contribution in [0.1, 0.15) is 58.3 Å². The molecule has 3 aliphatic heterocycles. The van der Waals surface area contributed by atoms with Gasteiger partial charge in [-0.1, -0.05) is 6.07 Å². The zero-order chi connectivity index (χ0) is 23.9. The molecule has 0 amide bonds. The Kier molecular flexibility index (Phi) is 6.04. The molecule has 1 spiro atoms. The van der Waals surface area contributed by atoms with Gasteiger partial charge in [-0.25, -0.2) is 9.78 Å². The number of benzene rings is 1. The van der Waals surface area contributed by atoms with Gasteiger partial charge in [0.15, 0.2) is 0 Å². The van der Waals surface area contributed by atoms with Crippen molar-refractivity contribution in [3.63, 3.8) is 0 Å². The quantitative estimate of drug-likeness (QED) is 0.585. The summed E-state index contributed by atoms with van der Waals surface area (Å²) in [6.07, 6.45) is 1.99. The van der Waals surface area contributed by atoms with Crippen LogP contribution in [0.25, 0.3) is 0 Å². The Morgan fingerprint density at radius 2 is 1.74 bits per heavy atom. The van der Waals surface area contributed by atoms with Crippen LogP contribution in [0.5, 0.6) is 0 Å². The van der Waals surface area contributed by atoms with Gasteiger partial charge in [-0.05, 0) is 86.9 Å². The zero-order valence-electron chi connectivity index (χ0n) is 19.5. The van der Waals surface area contributed by atoms with Crippen LogP contribution in [0.15, 0.2) is 30.5 Å².